The summed E-state index contributed by atoms with van der Waals surface area (Å²) in [5.74, 6) is -1.25. The zero-order valence-corrected chi connectivity index (χ0v) is 19.8. The van der Waals surface area contributed by atoms with Crippen LogP contribution in [0.3, 0.4) is 0 Å². The maximum Gasteiger partial charge on any atom is 0.407 e. The Morgan fingerprint density at radius 1 is 1.00 bits per heavy atom. The summed E-state index contributed by atoms with van der Waals surface area (Å²) in [6.45, 7) is 0.116. The summed E-state index contributed by atoms with van der Waals surface area (Å²) in [6, 6.07) is 20.3. The Morgan fingerprint density at radius 2 is 1.65 bits per heavy atom. The van der Waals surface area contributed by atoms with Gasteiger partial charge in [0.05, 0.1) is 5.02 Å². The molecule has 1 aromatic heterocycles. The predicted molar refractivity (Wildman–Crippen MR) is 137 cm³/mol. The molecule has 0 fully saturated rings. The van der Waals surface area contributed by atoms with E-state index in [-0.39, 0.29) is 32.4 Å². The van der Waals surface area contributed by atoms with Crippen molar-refractivity contribution in [2.45, 2.75) is 18.4 Å². The predicted octanol–water partition coefficient (Wildman–Crippen LogP) is 5.47. The number of hydrogen-bond acceptors (Lipinski definition) is 3. The van der Waals surface area contributed by atoms with Gasteiger partial charge in [0.25, 0.3) is 0 Å². The average molecular weight is 495 g/mol. The Hall–Kier alpha value is -3.42. The standard InChI is InChI=1S/C26H21ClN2O4.H2S/c27-21-10-5-11-22-24(21)15(13-28-22)12-23(25(30)31)29-26(32)33-14-20-18-8-3-1-6-16(18)17-7-2-4-9-19(17)20;/h1-11,13,20,23,28H,12,14H2,(H,29,32)(H,30,31);1H2/t23-;/m0./s1. The van der Waals surface area contributed by atoms with Crippen LogP contribution in [0.5, 0.6) is 0 Å². The topological polar surface area (TPSA) is 91.4 Å². The molecule has 8 heteroatoms. The number of hydrogen-bond donors (Lipinski definition) is 3. The average Bonchev–Trinajstić information content (AvgIpc) is 3.37. The molecule has 34 heavy (non-hydrogen) atoms. The van der Waals surface area contributed by atoms with Crippen molar-refractivity contribution in [3.63, 3.8) is 0 Å². The first-order chi connectivity index (χ1) is 16.0. The second-order valence-electron chi connectivity index (χ2n) is 8.04. The first-order valence-corrected chi connectivity index (χ1v) is 11.0. The highest BCUT2D eigenvalue weighted by Gasteiger charge is 2.30. The van der Waals surface area contributed by atoms with E-state index in [1.165, 1.54) is 0 Å². The van der Waals surface area contributed by atoms with Gasteiger partial charge in [-0.1, -0.05) is 66.2 Å². The zero-order chi connectivity index (χ0) is 22.9. The summed E-state index contributed by atoms with van der Waals surface area (Å²) < 4.78 is 5.50. The summed E-state index contributed by atoms with van der Waals surface area (Å²) >= 11 is 6.30. The highest BCUT2D eigenvalue weighted by Crippen LogP contribution is 2.44. The third-order valence-electron chi connectivity index (χ3n) is 6.09. The molecule has 1 heterocycles. The second kappa shape index (κ2) is 9.83. The van der Waals surface area contributed by atoms with Crippen LogP contribution in [-0.4, -0.2) is 34.8 Å². The van der Waals surface area contributed by atoms with E-state index in [2.05, 4.69) is 22.4 Å². The number of alkyl carbamates (subject to hydrolysis) is 1. The maximum atomic E-state index is 12.6. The van der Waals surface area contributed by atoms with E-state index in [0.29, 0.717) is 10.6 Å². The van der Waals surface area contributed by atoms with Crippen LogP contribution >= 0.6 is 25.1 Å². The van der Waals surface area contributed by atoms with Crippen molar-refractivity contribution in [2.75, 3.05) is 6.61 Å². The van der Waals surface area contributed by atoms with Gasteiger partial charge < -0.3 is 20.1 Å². The first kappa shape index (κ1) is 23.7. The van der Waals surface area contributed by atoms with Gasteiger partial charge in [0.1, 0.15) is 12.6 Å². The van der Waals surface area contributed by atoms with Gasteiger partial charge in [0.15, 0.2) is 0 Å². The van der Waals surface area contributed by atoms with Crippen molar-refractivity contribution in [1.82, 2.24) is 10.3 Å². The van der Waals surface area contributed by atoms with Crippen molar-refractivity contribution >= 4 is 48.1 Å². The number of benzene rings is 3. The van der Waals surface area contributed by atoms with E-state index in [4.69, 9.17) is 16.3 Å². The summed E-state index contributed by atoms with van der Waals surface area (Å²) in [7, 11) is 0. The van der Waals surface area contributed by atoms with Gasteiger partial charge >= 0.3 is 12.1 Å². The summed E-state index contributed by atoms with van der Waals surface area (Å²) in [5.41, 5.74) is 5.96. The molecule has 174 valence electrons. The zero-order valence-electron chi connectivity index (χ0n) is 18.0. The fourth-order valence-electron chi connectivity index (χ4n) is 4.57. The number of amides is 1. The fraction of sp³-hybridized carbons (Fsp3) is 0.154. The number of aliphatic carboxylic acids is 1. The minimum atomic E-state index is -1.16. The maximum absolute atomic E-state index is 12.6. The second-order valence-corrected chi connectivity index (χ2v) is 8.45. The molecule has 5 rings (SSSR count). The molecule has 3 aromatic carbocycles. The highest BCUT2D eigenvalue weighted by atomic mass is 35.5. The van der Waals surface area contributed by atoms with E-state index in [9.17, 15) is 14.7 Å². The van der Waals surface area contributed by atoms with Crippen molar-refractivity contribution in [3.8, 4) is 11.1 Å². The Balaban J connectivity index is 0.00000274. The van der Waals surface area contributed by atoms with Gasteiger partial charge in [-0.05, 0) is 39.9 Å². The molecule has 0 saturated heterocycles. The van der Waals surface area contributed by atoms with Crippen LogP contribution in [0, 0.1) is 0 Å². The van der Waals surface area contributed by atoms with Crippen molar-refractivity contribution in [2.24, 2.45) is 0 Å². The number of rotatable bonds is 6. The number of carbonyl (C=O) groups excluding carboxylic acids is 1. The van der Waals surface area contributed by atoms with Gasteiger partial charge in [-0.15, -0.1) is 0 Å². The van der Waals surface area contributed by atoms with Gasteiger partial charge in [0.2, 0.25) is 0 Å². The first-order valence-electron chi connectivity index (χ1n) is 10.6. The molecule has 4 aromatic rings. The molecule has 0 unspecified atom stereocenters. The number of carboxylic acid groups (broad SMARTS) is 1. The quantitative estimate of drug-likeness (QED) is 0.331. The lowest BCUT2D eigenvalue weighted by Gasteiger charge is -2.17. The molecular formula is C26H23ClN2O4S. The van der Waals surface area contributed by atoms with Crippen LogP contribution in [0.4, 0.5) is 4.79 Å². The molecule has 1 aliphatic carbocycles. The largest absolute Gasteiger partial charge is 0.480 e. The molecule has 3 N–H and O–H groups in total. The smallest absolute Gasteiger partial charge is 0.407 e. The molecule has 1 atom stereocenters. The third-order valence-corrected chi connectivity index (χ3v) is 6.41. The monoisotopic (exact) mass is 494 g/mol. The molecule has 0 aliphatic heterocycles. The molecule has 0 radical (unpaired) electrons. The Morgan fingerprint density at radius 3 is 2.29 bits per heavy atom. The molecule has 6 nitrogen and oxygen atoms in total. The number of carboxylic acids is 1. The lowest BCUT2D eigenvalue weighted by atomic mass is 9.98. The van der Waals surface area contributed by atoms with Crippen LogP contribution in [0.1, 0.15) is 22.6 Å². The van der Waals surface area contributed by atoms with Crippen molar-refractivity contribution in [3.05, 3.63) is 94.6 Å². The number of H-pyrrole nitrogens is 1. The minimum Gasteiger partial charge on any atom is -0.480 e. The number of nitrogens with one attached hydrogen (secondary N) is 2. The number of carbonyl (C=O) groups is 2. The number of ether oxygens (including phenoxy) is 1. The lowest BCUT2D eigenvalue weighted by Crippen LogP contribution is -2.42. The van der Waals surface area contributed by atoms with E-state index in [1.807, 2.05) is 48.5 Å². The van der Waals surface area contributed by atoms with Crippen LogP contribution in [-0.2, 0) is 16.0 Å². The molecule has 1 aliphatic rings. The molecule has 0 spiro atoms. The summed E-state index contributed by atoms with van der Waals surface area (Å²) in [5, 5.41) is 13.5. The fourth-order valence-corrected chi connectivity index (χ4v) is 4.87. The van der Waals surface area contributed by atoms with Gasteiger partial charge in [-0.25, -0.2) is 9.59 Å². The van der Waals surface area contributed by atoms with Crippen LogP contribution < -0.4 is 5.32 Å². The normalized spacial score (nSPS) is 13.0. The van der Waals surface area contributed by atoms with Crippen LogP contribution in [0.25, 0.3) is 22.0 Å². The number of halogens is 1. The Kier molecular flexibility index (Phi) is 6.86. The molecule has 0 saturated carbocycles. The Labute approximate surface area is 208 Å². The summed E-state index contributed by atoms with van der Waals surface area (Å²) in [6.07, 6.45) is 1.02. The number of aromatic amines is 1. The number of aromatic nitrogens is 1. The van der Waals surface area contributed by atoms with Gasteiger partial charge in [-0.2, -0.15) is 13.5 Å². The molecule has 1 amide bonds. The minimum absolute atomic E-state index is 0. The summed E-state index contributed by atoms with van der Waals surface area (Å²) in [4.78, 5) is 27.5. The van der Waals surface area contributed by atoms with Gasteiger partial charge in [0, 0.05) is 29.4 Å². The number of fused-ring (bicyclic) bond motifs is 4. The van der Waals surface area contributed by atoms with E-state index in [0.717, 1.165) is 33.2 Å². The SMILES string of the molecule is O=C(N[C@@H](Cc1c[nH]c2cccc(Cl)c12)C(=O)O)OCC1c2ccccc2-c2ccccc21.S. The lowest BCUT2D eigenvalue weighted by molar-refractivity contribution is -0.139. The van der Waals surface area contributed by atoms with E-state index < -0.39 is 18.1 Å². The third kappa shape index (κ3) is 4.36. The van der Waals surface area contributed by atoms with Crippen molar-refractivity contribution in [1.29, 1.82) is 0 Å². The van der Waals surface area contributed by atoms with Gasteiger partial charge in [-0.3, -0.25) is 0 Å². The molecule has 0 bridgehead atoms. The highest BCUT2D eigenvalue weighted by molar-refractivity contribution is 7.59. The van der Waals surface area contributed by atoms with Crippen molar-refractivity contribution < 1.29 is 19.4 Å². The molecular weight excluding hydrogens is 472 g/mol. The van der Waals surface area contributed by atoms with Crippen LogP contribution in [0.2, 0.25) is 5.02 Å². The Bertz CT molecular complexity index is 1320. The van der Waals surface area contributed by atoms with E-state index in [1.54, 1.807) is 12.3 Å². The van der Waals surface area contributed by atoms with Crippen LogP contribution in [0.15, 0.2) is 72.9 Å². The van der Waals surface area contributed by atoms with E-state index >= 15 is 0 Å².